The Labute approximate surface area is 218 Å². The van der Waals surface area contributed by atoms with Gasteiger partial charge >= 0.3 is 7.60 Å². The third kappa shape index (κ3) is 6.89. The highest BCUT2D eigenvalue weighted by Crippen LogP contribution is 2.51. The summed E-state index contributed by atoms with van der Waals surface area (Å²) in [5.74, 6) is 0.854. The van der Waals surface area contributed by atoms with E-state index in [9.17, 15) is 14.2 Å². The molecule has 8 heteroatoms. The Balaban J connectivity index is 1.41. The van der Waals surface area contributed by atoms with E-state index in [0.717, 1.165) is 16.7 Å². The molecule has 1 unspecified atom stereocenters. The summed E-state index contributed by atoms with van der Waals surface area (Å²) in [6, 6.07) is 13.6. The molecular weight excluding hydrogens is 493 g/mol. The fourth-order valence-electron chi connectivity index (χ4n) is 5.06. The van der Waals surface area contributed by atoms with Gasteiger partial charge in [0, 0.05) is 11.3 Å². The van der Waals surface area contributed by atoms with Crippen molar-refractivity contribution in [2.24, 2.45) is 0 Å². The number of hydrogen-bond donors (Lipinski definition) is 1. The predicted octanol–water partition coefficient (Wildman–Crippen LogP) is 6.98. The molecule has 1 saturated carbocycles. The Kier molecular flexibility index (Phi) is 9.46. The van der Waals surface area contributed by atoms with Gasteiger partial charge in [-0.2, -0.15) is 0 Å². The quantitative estimate of drug-likeness (QED) is 0.353. The molecule has 6 nitrogen and oxygen atoms in total. The topological polar surface area (TPSA) is 81.7 Å². The number of benzene rings is 2. The molecule has 1 atom stereocenters. The lowest BCUT2D eigenvalue weighted by atomic mass is 9.82. The number of carbonyl (C=O) groups is 2. The van der Waals surface area contributed by atoms with Crippen LogP contribution < -0.4 is 5.32 Å². The molecule has 1 N–H and O–H groups in total. The summed E-state index contributed by atoms with van der Waals surface area (Å²) in [6.45, 7) is 4.21. The number of nitrogens with one attached hydrogen (secondary N) is 1. The van der Waals surface area contributed by atoms with Gasteiger partial charge in [0.05, 0.1) is 30.4 Å². The van der Waals surface area contributed by atoms with E-state index in [1.54, 1.807) is 26.0 Å². The number of carbonyl (C=O) groups excluding carboxylic acids is 2. The van der Waals surface area contributed by atoms with Gasteiger partial charge in [-0.05, 0) is 73.9 Å². The van der Waals surface area contributed by atoms with E-state index >= 15 is 0 Å². The molecule has 0 aromatic heterocycles. The maximum absolute atomic E-state index is 13.1. The van der Waals surface area contributed by atoms with Crippen LogP contribution >= 0.6 is 19.4 Å². The maximum Gasteiger partial charge on any atom is 0.335 e. The van der Waals surface area contributed by atoms with Crippen LogP contribution in [0, 0.1) is 0 Å². The monoisotopic (exact) mass is 529 g/mol. The van der Waals surface area contributed by atoms with Crippen molar-refractivity contribution >= 4 is 36.7 Å². The van der Waals surface area contributed by atoms with Crippen LogP contribution in [0.25, 0.3) is 0 Å². The van der Waals surface area contributed by atoms with Crippen LogP contribution in [0.3, 0.4) is 0 Å². The Morgan fingerprint density at radius 3 is 2.39 bits per heavy atom. The lowest BCUT2D eigenvalue weighted by molar-refractivity contribution is -0.115. The second-order valence-electron chi connectivity index (χ2n) is 9.47. The largest absolute Gasteiger partial charge is 0.335 e. The molecule has 0 radical (unpaired) electrons. The van der Waals surface area contributed by atoms with E-state index in [0.29, 0.717) is 37.0 Å². The zero-order valence-corrected chi connectivity index (χ0v) is 22.9. The minimum absolute atomic E-state index is 0.111. The van der Waals surface area contributed by atoms with E-state index in [1.165, 1.54) is 49.4 Å². The molecule has 1 amide bonds. The van der Waals surface area contributed by atoms with E-state index < -0.39 is 7.60 Å². The third-order valence-electron chi connectivity index (χ3n) is 6.87. The van der Waals surface area contributed by atoms with E-state index in [4.69, 9.17) is 9.05 Å². The van der Waals surface area contributed by atoms with Gasteiger partial charge in [-0.3, -0.25) is 14.2 Å². The lowest BCUT2D eigenvalue weighted by Gasteiger charge is -2.23. The smallest absolute Gasteiger partial charge is 0.325 e. The summed E-state index contributed by atoms with van der Waals surface area (Å²) in [5.41, 5.74) is 4.50. The molecule has 0 bridgehead atoms. The summed E-state index contributed by atoms with van der Waals surface area (Å²) in [6.07, 6.45) is 6.93. The van der Waals surface area contributed by atoms with Crippen molar-refractivity contribution < 1.29 is 23.2 Å². The van der Waals surface area contributed by atoms with E-state index in [1.807, 2.05) is 12.1 Å². The molecule has 2 aromatic carbocycles. The van der Waals surface area contributed by atoms with E-state index in [-0.39, 0.29) is 23.1 Å². The first-order chi connectivity index (χ1) is 17.4. The van der Waals surface area contributed by atoms with Crippen molar-refractivity contribution in [1.29, 1.82) is 0 Å². The SMILES string of the molecule is CCOP(=O)(Cc1ccc(NC(=O)C2Cc3ccc(C4CCCCC4)cc3C(=O)CS2)cc1)OCC. The maximum atomic E-state index is 13.1. The minimum atomic E-state index is -3.18. The molecule has 0 saturated heterocycles. The Bertz CT molecular complexity index is 1100. The minimum Gasteiger partial charge on any atom is -0.325 e. The third-order valence-corrected chi connectivity index (χ3v) is 10.1. The van der Waals surface area contributed by atoms with Crippen LogP contribution in [-0.4, -0.2) is 35.9 Å². The molecule has 1 fully saturated rings. The van der Waals surface area contributed by atoms with Gasteiger partial charge in [-0.25, -0.2) is 0 Å². The Hall–Kier alpha value is -1.92. The first-order valence-corrected chi connectivity index (χ1v) is 15.7. The number of ketones is 1. The summed E-state index contributed by atoms with van der Waals surface area (Å²) in [5, 5.41) is 2.64. The number of thioether (sulfide) groups is 1. The van der Waals surface area contributed by atoms with Crippen molar-refractivity contribution in [1.82, 2.24) is 0 Å². The van der Waals surface area contributed by atoms with Crippen molar-refractivity contribution in [2.75, 3.05) is 24.3 Å². The predicted molar refractivity (Wildman–Crippen MR) is 146 cm³/mol. The van der Waals surface area contributed by atoms with Crippen molar-refractivity contribution in [3.8, 4) is 0 Å². The van der Waals surface area contributed by atoms with Crippen LogP contribution in [0.15, 0.2) is 42.5 Å². The zero-order valence-electron chi connectivity index (χ0n) is 21.2. The number of amides is 1. The molecule has 4 rings (SSSR count). The van der Waals surface area contributed by atoms with Crippen molar-refractivity contribution in [3.63, 3.8) is 0 Å². The number of rotatable bonds is 9. The van der Waals surface area contributed by atoms with Crippen molar-refractivity contribution in [2.45, 2.75) is 69.7 Å². The van der Waals surface area contributed by atoms with Gasteiger partial charge in [-0.1, -0.05) is 43.5 Å². The van der Waals surface area contributed by atoms with Crippen LogP contribution in [-0.2, 0) is 31.0 Å². The number of fused-ring (bicyclic) bond motifs is 1. The summed E-state index contributed by atoms with van der Waals surface area (Å²) in [4.78, 5) is 26.0. The number of anilines is 1. The molecule has 1 aliphatic heterocycles. The first kappa shape index (κ1) is 27.1. The van der Waals surface area contributed by atoms with Gasteiger partial charge in [0.2, 0.25) is 5.91 Å². The molecule has 2 aliphatic rings. The molecule has 2 aromatic rings. The normalized spacial score (nSPS) is 18.9. The number of Topliss-reactive ketones (excluding diaryl/α,β-unsaturated/α-hetero) is 1. The highest BCUT2D eigenvalue weighted by atomic mass is 32.2. The summed E-state index contributed by atoms with van der Waals surface area (Å²) >= 11 is 1.41. The van der Waals surface area contributed by atoms with E-state index in [2.05, 4.69) is 23.5 Å². The molecule has 1 aliphatic carbocycles. The van der Waals surface area contributed by atoms with Crippen LogP contribution in [0.1, 0.15) is 78.9 Å². The molecule has 36 heavy (non-hydrogen) atoms. The van der Waals surface area contributed by atoms with Gasteiger partial charge in [-0.15, -0.1) is 11.8 Å². The zero-order chi connectivity index (χ0) is 25.5. The lowest BCUT2D eigenvalue weighted by Crippen LogP contribution is -2.27. The van der Waals surface area contributed by atoms with Crippen molar-refractivity contribution in [3.05, 3.63) is 64.7 Å². The van der Waals surface area contributed by atoms with Gasteiger partial charge in [0.25, 0.3) is 0 Å². The van der Waals surface area contributed by atoms with Gasteiger partial charge in [0.1, 0.15) is 0 Å². The summed E-state index contributed by atoms with van der Waals surface area (Å²) < 4.78 is 23.5. The average Bonchev–Trinajstić information content (AvgIpc) is 3.04. The Morgan fingerprint density at radius 2 is 1.72 bits per heavy atom. The fourth-order valence-corrected chi connectivity index (χ4v) is 7.78. The van der Waals surface area contributed by atoms with Gasteiger partial charge in [0.15, 0.2) is 5.78 Å². The first-order valence-electron chi connectivity index (χ1n) is 13.0. The molecule has 0 spiro atoms. The summed E-state index contributed by atoms with van der Waals surface area (Å²) in [7, 11) is -3.18. The standard InChI is InChI=1S/C28H36NO5PS/c1-3-33-35(32,34-4-2)18-20-10-14-24(15-11-20)29-28(31)27-17-23-13-12-22(21-8-6-5-7-9-21)16-25(23)26(30)19-36-27/h10-16,21,27H,3-9,17-19H2,1-2H3,(H,29,31). The van der Waals surface area contributed by atoms with Crippen LogP contribution in [0.5, 0.6) is 0 Å². The fraction of sp³-hybridized carbons (Fsp3) is 0.500. The second-order valence-corrected chi connectivity index (χ2v) is 12.7. The Morgan fingerprint density at radius 1 is 1.03 bits per heavy atom. The highest BCUT2D eigenvalue weighted by Gasteiger charge is 2.29. The number of hydrogen-bond acceptors (Lipinski definition) is 6. The average molecular weight is 530 g/mol. The van der Waals surface area contributed by atoms with Gasteiger partial charge < -0.3 is 14.4 Å². The van der Waals surface area contributed by atoms with Crippen LogP contribution in [0.2, 0.25) is 0 Å². The molecular formula is C28H36NO5PS. The van der Waals surface area contributed by atoms with Crippen LogP contribution in [0.4, 0.5) is 5.69 Å². The molecule has 1 heterocycles. The second kappa shape index (κ2) is 12.6. The molecule has 194 valence electrons. The highest BCUT2D eigenvalue weighted by molar-refractivity contribution is 8.01.